The van der Waals surface area contributed by atoms with Gasteiger partial charge in [-0.2, -0.15) is 0 Å². The largest absolute Gasteiger partial charge is 0.396 e. The number of halogens is 1. The van der Waals surface area contributed by atoms with Gasteiger partial charge < -0.3 is 5.11 Å². The van der Waals surface area contributed by atoms with E-state index in [4.69, 9.17) is 5.11 Å². The molecule has 0 heterocycles. The first-order valence-electron chi connectivity index (χ1n) is 10.4. The van der Waals surface area contributed by atoms with E-state index >= 15 is 0 Å². The van der Waals surface area contributed by atoms with Crippen molar-refractivity contribution in [1.29, 1.82) is 0 Å². The van der Waals surface area contributed by atoms with Crippen LogP contribution in [0, 0.1) is 0 Å². The normalized spacial score (nSPS) is 12.5. The number of allylic oxidation sites excluding steroid dienone is 2. The molecule has 0 aliphatic rings. The third-order valence-electron chi connectivity index (χ3n) is 4.36. The number of hydrogen-bond acceptors (Lipinski definition) is 3. The number of aliphatic hydroxyl groups excluding tert-OH is 1. The molecule has 0 radical (unpaired) electrons. The van der Waals surface area contributed by atoms with Crippen LogP contribution in [0.5, 0.6) is 0 Å². The standard InChI is InChI=1S/C21H39BrO3S/c22-18-14-10-6-2-5-9-13-17-21-26(24,25)20-16-12-8-4-1-3-7-11-15-19-23/h16-17,20-21,23H,1-15,18-19H2/b20-16+,21-17+. The summed E-state index contributed by atoms with van der Waals surface area (Å²) in [6.07, 6.45) is 20.4. The summed E-state index contributed by atoms with van der Waals surface area (Å²) >= 11 is 3.44. The summed E-state index contributed by atoms with van der Waals surface area (Å²) in [5.74, 6) is 0. The van der Waals surface area contributed by atoms with Crippen molar-refractivity contribution in [3.63, 3.8) is 0 Å². The minimum Gasteiger partial charge on any atom is -0.396 e. The molecule has 0 aromatic heterocycles. The third-order valence-corrected chi connectivity index (χ3v) is 6.06. The van der Waals surface area contributed by atoms with Gasteiger partial charge in [0.2, 0.25) is 0 Å². The number of rotatable bonds is 19. The van der Waals surface area contributed by atoms with E-state index in [1.165, 1.54) is 62.2 Å². The monoisotopic (exact) mass is 450 g/mol. The average Bonchev–Trinajstić information content (AvgIpc) is 2.62. The average molecular weight is 452 g/mol. The van der Waals surface area contributed by atoms with Gasteiger partial charge in [-0.3, -0.25) is 0 Å². The van der Waals surface area contributed by atoms with E-state index in [0.29, 0.717) is 6.61 Å². The van der Waals surface area contributed by atoms with Crippen LogP contribution in [-0.4, -0.2) is 25.5 Å². The zero-order chi connectivity index (χ0) is 19.3. The number of sulfone groups is 1. The van der Waals surface area contributed by atoms with Gasteiger partial charge in [-0.1, -0.05) is 85.9 Å². The highest BCUT2D eigenvalue weighted by atomic mass is 79.9. The van der Waals surface area contributed by atoms with Crippen molar-refractivity contribution in [3.05, 3.63) is 23.0 Å². The van der Waals surface area contributed by atoms with Crippen molar-refractivity contribution in [2.24, 2.45) is 0 Å². The van der Waals surface area contributed by atoms with Gasteiger partial charge in [-0.05, 0) is 38.5 Å². The molecule has 0 aromatic rings. The van der Waals surface area contributed by atoms with Crippen LogP contribution in [-0.2, 0) is 9.84 Å². The van der Waals surface area contributed by atoms with Crippen molar-refractivity contribution in [2.45, 2.75) is 96.3 Å². The Kier molecular flexibility index (Phi) is 19.5. The Hall–Kier alpha value is -0.130. The first-order valence-corrected chi connectivity index (χ1v) is 13.1. The highest BCUT2D eigenvalue weighted by Gasteiger charge is 1.98. The molecule has 154 valence electrons. The number of aliphatic hydroxyl groups is 1. The maximum absolute atomic E-state index is 11.9. The Morgan fingerprint density at radius 2 is 1.00 bits per heavy atom. The fourth-order valence-electron chi connectivity index (χ4n) is 2.77. The minimum atomic E-state index is -3.18. The van der Waals surface area contributed by atoms with E-state index in [1.807, 2.05) is 0 Å². The fraction of sp³-hybridized carbons (Fsp3) is 0.810. The number of alkyl halides is 1. The highest BCUT2D eigenvalue weighted by Crippen LogP contribution is 2.10. The van der Waals surface area contributed by atoms with Gasteiger partial charge in [0.05, 0.1) is 0 Å². The SMILES string of the molecule is O=S(=O)(/C=C/CCCCCCCCBr)/C=C/CCCCCCCCCO. The van der Waals surface area contributed by atoms with Crippen LogP contribution in [0.15, 0.2) is 23.0 Å². The van der Waals surface area contributed by atoms with E-state index < -0.39 is 9.84 Å². The lowest BCUT2D eigenvalue weighted by molar-refractivity contribution is 0.282. The Bertz CT molecular complexity index is 444. The van der Waals surface area contributed by atoms with Gasteiger partial charge in [0.1, 0.15) is 0 Å². The number of unbranched alkanes of at least 4 members (excludes halogenated alkanes) is 13. The van der Waals surface area contributed by atoms with Gasteiger partial charge in [-0.25, -0.2) is 8.42 Å². The maximum Gasteiger partial charge on any atom is 0.192 e. The first-order chi connectivity index (χ1) is 12.6. The molecule has 26 heavy (non-hydrogen) atoms. The minimum absolute atomic E-state index is 0.297. The van der Waals surface area contributed by atoms with Crippen molar-refractivity contribution >= 4 is 25.8 Å². The van der Waals surface area contributed by atoms with Gasteiger partial charge in [-0.15, -0.1) is 0 Å². The smallest absolute Gasteiger partial charge is 0.192 e. The number of hydrogen-bond donors (Lipinski definition) is 1. The summed E-state index contributed by atoms with van der Waals surface area (Å²) in [6.45, 7) is 0.297. The molecule has 0 unspecified atom stereocenters. The molecule has 0 saturated heterocycles. The summed E-state index contributed by atoms with van der Waals surface area (Å²) in [6, 6.07) is 0. The quantitative estimate of drug-likeness (QED) is 0.176. The summed E-state index contributed by atoms with van der Waals surface area (Å²) < 4.78 is 23.7. The van der Waals surface area contributed by atoms with Gasteiger partial charge >= 0.3 is 0 Å². The molecular formula is C21H39BrO3S. The second-order valence-electron chi connectivity index (χ2n) is 6.92. The van der Waals surface area contributed by atoms with E-state index in [1.54, 1.807) is 12.2 Å². The van der Waals surface area contributed by atoms with Crippen LogP contribution in [0.25, 0.3) is 0 Å². The summed E-state index contributed by atoms with van der Waals surface area (Å²) in [4.78, 5) is 0. The van der Waals surface area contributed by atoms with Crippen molar-refractivity contribution < 1.29 is 13.5 Å². The van der Waals surface area contributed by atoms with Gasteiger partial charge in [0.15, 0.2) is 9.84 Å². The van der Waals surface area contributed by atoms with Crippen LogP contribution < -0.4 is 0 Å². The van der Waals surface area contributed by atoms with E-state index in [9.17, 15) is 8.42 Å². The first kappa shape index (κ1) is 25.9. The Morgan fingerprint density at radius 1 is 0.615 bits per heavy atom. The zero-order valence-electron chi connectivity index (χ0n) is 16.4. The lowest BCUT2D eigenvalue weighted by atomic mass is 10.1. The van der Waals surface area contributed by atoms with Crippen LogP contribution in [0.2, 0.25) is 0 Å². The third kappa shape index (κ3) is 20.2. The molecule has 3 nitrogen and oxygen atoms in total. The predicted octanol–water partition coefficient (Wildman–Crippen LogP) is 6.67. The molecule has 0 aliphatic heterocycles. The van der Waals surface area contributed by atoms with E-state index in [-0.39, 0.29) is 0 Å². The summed E-state index contributed by atoms with van der Waals surface area (Å²) in [5, 5.41) is 12.5. The second kappa shape index (κ2) is 19.6. The molecule has 0 aliphatic carbocycles. The van der Waals surface area contributed by atoms with Crippen LogP contribution in [0.4, 0.5) is 0 Å². The lowest BCUT2D eigenvalue weighted by Crippen LogP contribution is -1.88. The lowest BCUT2D eigenvalue weighted by Gasteiger charge is -1.99. The van der Waals surface area contributed by atoms with Gasteiger partial charge in [0, 0.05) is 22.8 Å². The summed E-state index contributed by atoms with van der Waals surface area (Å²) in [7, 11) is -3.18. The molecule has 0 atom stereocenters. The molecule has 0 fully saturated rings. The molecule has 0 aromatic carbocycles. The molecule has 1 N–H and O–H groups in total. The van der Waals surface area contributed by atoms with Crippen LogP contribution in [0.1, 0.15) is 96.3 Å². The molecular weight excluding hydrogens is 412 g/mol. The predicted molar refractivity (Wildman–Crippen MR) is 117 cm³/mol. The topological polar surface area (TPSA) is 54.4 Å². The molecule has 0 spiro atoms. The molecule has 0 amide bonds. The molecule has 0 saturated carbocycles. The van der Waals surface area contributed by atoms with Crippen LogP contribution >= 0.6 is 15.9 Å². The molecule has 5 heteroatoms. The molecule has 0 rings (SSSR count). The van der Waals surface area contributed by atoms with E-state index in [2.05, 4.69) is 15.9 Å². The van der Waals surface area contributed by atoms with Crippen molar-refractivity contribution in [1.82, 2.24) is 0 Å². The Labute approximate surface area is 170 Å². The molecule has 0 bridgehead atoms. The Morgan fingerprint density at radius 3 is 1.42 bits per heavy atom. The maximum atomic E-state index is 11.9. The second-order valence-corrected chi connectivity index (χ2v) is 9.43. The fourth-order valence-corrected chi connectivity index (χ4v) is 4.07. The van der Waals surface area contributed by atoms with Crippen molar-refractivity contribution in [3.8, 4) is 0 Å². The highest BCUT2D eigenvalue weighted by molar-refractivity contribution is 9.09. The van der Waals surface area contributed by atoms with Crippen LogP contribution in [0.3, 0.4) is 0 Å². The summed E-state index contributed by atoms with van der Waals surface area (Å²) in [5.41, 5.74) is 0. The van der Waals surface area contributed by atoms with Crippen molar-refractivity contribution in [2.75, 3.05) is 11.9 Å². The van der Waals surface area contributed by atoms with Gasteiger partial charge in [0.25, 0.3) is 0 Å². The Balaban J connectivity index is 3.59. The van der Waals surface area contributed by atoms with E-state index in [0.717, 1.165) is 50.3 Å². The zero-order valence-corrected chi connectivity index (χ0v) is 18.8.